The Morgan fingerprint density at radius 1 is 1.50 bits per heavy atom. The van der Waals surface area contributed by atoms with Crippen LogP contribution in [0, 0.1) is 11.3 Å². The van der Waals surface area contributed by atoms with Gasteiger partial charge in [0.25, 0.3) is 0 Å². The number of ether oxygens (including phenoxy) is 1. The fourth-order valence-corrected chi connectivity index (χ4v) is 1.75. The number of nitriles is 1. The summed E-state index contributed by atoms with van der Waals surface area (Å²) in [7, 11) is 0. The number of nitrogens with zero attached hydrogens (tertiary/aromatic N) is 1. The summed E-state index contributed by atoms with van der Waals surface area (Å²) in [6.07, 6.45) is 2.41. The molecule has 4 heteroatoms. The van der Waals surface area contributed by atoms with E-state index in [1.807, 2.05) is 12.1 Å². The van der Waals surface area contributed by atoms with Crippen molar-refractivity contribution < 1.29 is 4.74 Å². The van der Waals surface area contributed by atoms with Crippen molar-refractivity contribution in [1.29, 1.82) is 5.26 Å². The van der Waals surface area contributed by atoms with Gasteiger partial charge in [-0.05, 0) is 37.6 Å². The van der Waals surface area contributed by atoms with Gasteiger partial charge < -0.3 is 10.1 Å². The molecule has 0 aliphatic carbocycles. The average molecular weight is 239 g/mol. The van der Waals surface area contributed by atoms with E-state index < -0.39 is 0 Å². The van der Waals surface area contributed by atoms with Crippen LogP contribution >= 0.6 is 12.4 Å². The summed E-state index contributed by atoms with van der Waals surface area (Å²) >= 11 is 0. The van der Waals surface area contributed by atoms with Gasteiger partial charge in [0, 0.05) is 6.04 Å². The van der Waals surface area contributed by atoms with Crippen molar-refractivity contribution in [1.82, 2.24) is 5.32 Å². The summed E-state index contributed by atoms with van der Waals surface area (Å²) in [5.41, 5.74) is 0.645. The molecule has 0 radical (unpaired) electrons. The molecule has 3 nitrogen and oxygen atoms in total. The molecule has 0 aromatic heterocycles. The smallest absolute Gasteiger partial charge is 0.120 e. The van der Waals surface area contributed by atoms with E-state index in [4.69, 9.17) is 10.00 Å². The van der Waals surface area contributed by atoms with Crippen LogP contribution in [0.5, 0.6) is 5.75 Å². The second-order valence-corrected chi connectivity index (χ2v) is 3.74. The topological polar surface area (TPSA) is 45.0 Å². The predicted octanol–water partition coefficient (Wildman–Crippen LogP) is 2.11. The van der Waals surface area contributed by atoms with Crippen LogP contribution in [0.15, 0.2) is 24.3 Å². The molecule has 1 aromatic rings. The first-order chi connectivity index (χ1) is 7.38. The first-order valence-corrected chi connectivity index (χ1v) is 5.25. The Morgan fingerprint density at radius 2 is 2.38 bits per heavy atom. The molecule has 1 heterocycles. The van der Waals surface area contributed by atoms with Crippen LogP contribution in [-0.4, -0.2) is 19.2 Å². The van der Waals surface area contributed by atoms with Crippen molar-refractivity contribution in [3.63, 3.8) is 0 Å². The molecular weight excluding hydrogens is 224 g/mol. The van der Waals surface area contributed by atoms with Crippen LogP contribution in [0.2, 0.25) is 0 Å². The number of hydrogen-bond acceptors (Lipinski definition) is 3. The maximum atomic E-state index is 8.72. The molecule has 2 rings (SSSR count). The Hall–Kier alpha value is -1.24. The van der Waals surface area contributed by atoms with Gasteiger partial charge in [0.1, 0.15) is 12.4 Å². The molecule has 0 amide bonds. The minimum Gasteiger partial charge on any atom is -0.492 e. The first kappa shape index (κ1) is 12.8. The van der Waals surface area contributed by atoms with Crippen LogP contribution in [0.25, 0.3) is 0 Å². The van der Waals surface area contributed by atoms with E-state index in [2.05, 4.69) is 11.4 Å². The summed E-state index contributed by atoms with van der Waals surface area (Å²) in [6.45, 7) is 1.78. The van der Waals surface area contributed by atoms with Gasteiger partial charge in [0.15, 0.2) is 0 Å². The number of nitrogens with one attached hydrogen (secondary N) is 1. The maximum absolute atomic E-state index is 8.72. The van der Waals surface area contributed by atoms with Crippen molar-refractivity contribution >= 4 is 12.4 Å². The number of halogens is 1. The van der Waals surface area contributed by atoms with Crippen LogP contribution in [-0.2, 0) is 0 Å². The van der Waals surface area contributed by atoms with Crippen molar-refractivity contribution in [3.8, 4) is 11.8 Å². The highest BCUT2D eigenvalue weighted by atomic mass is 35.5. The van der Waals surface area contributed by atoms with E-state index in [0.717, 1.165) is 12.3 Å². The highest BCUT2D eigenvalue weighted by molar-refractivity contribution is 5.85. The molecule has 0 bridgehead atoms. The second-order valence-electron chi connectivity index (χ2n) is 3.74. The number of hydrogen-bond donors (Lipinski definition) is 1. The monoisotopic (exact) mass is 238 g/mol. The zero-order valence-electron chi connectivity index (χ0n) is 8.98. The van der Waals surface area contributed by atoms with Crippen LogP contribution in [0.3, 0.4) is 0 Å². The summed E-state index contributed by atoms with van der Waals surface area (Å²) in [5.74, 6) is 0.780. The Morgan fingerprint density at radius 3 is 3.06 bits per heavy atom. The molecule has 16 heavy (non-hydrogen) atoms. The third-order valence-electron chi connectivity index (χ3n) is 2.58. The van der Waals surface area contributed by atoms with Crippen molar-refractivity contribution in [2.24, 2.45) is 0 Å². The van der Waals surface area contributed by atoms with Gasteiger partial charge in [-0.25, -0.2) is 0 Å². The average Bonchev–Trinajstić information content (AvgIpc) is 2.79. The highest BCUT2D eigenvalue weighted by Gasteiger charge is 2.14. The largest absolute Gasteiger partial charge is 0.492 e. The normalized spacial score (nSPS) is 18.6. The quantitative estimate of drug-likeness (QED) is 0.877. The lowest BCUT2D eigenvalue weighted by Gasteiger charge is -2.11. The zero-order valence-corrected chi connectivity index (χ0v) is 9.80. The SMILES string of the molecule is Cl.N#Cc1cccc(OC[C@@H]2CCCN2)c1. The van der Waals surface area contributed by atoms with E-state index >= 15 is 0 Å². The third-order valence-corrected chi connectivity index (χ3v) is 2.58. The second kappa shape index (κ2) is 6.37. The van der Waals surface area contributed by atoms with Crippen molar-refractivity contribution in [2.75, 3.05) is 13.2 Å². The van der Waals surface area contributed by atoms with E-state index in [1.165, 1.54) is 12.8 Å². The lowest BCUT2D eigenvalue weighted by molar-refractivity contribution is 0.277. The van der Waals surface area contributed by atoms with Crippen LogP contribution in [0.4, 0.5) is 0 Å². The van der Waals surface area contributed by atoms with Gasteiger partial charge in [-0.15, -0.1) is 12.4 Å². The van der Waals surface area contributed by atoms with E-state index in [-0.39, 0.29) is 12.4 Å². The number of benzene rings is 1. The molecule has 1 aliphatic heterocycles. The van der Waals surface area contributed by atoms with Crippen LogP contribution in [0.1, 0.15) is 18.4 Å². The molecule has 1 saturated heterocycles. The van der Waals surface area contributed by atoms with E-state index in [9.17, 15) is 0 Å². The molecule has 1 atom stereocenters. The fourth-order valence-electron chi connectivity index (χ4n) is 1.75. The first-order valence-electron chi connectivity index (χ1n) is 5.25. The van der Waals surface area contributed by atoms with E-state index in [0.29, 0.717) is 18.2 Å². The molecule has 0 unspecified atom stereocenters. The summed E-state index contributed by atoms with van der Waals surface area (Å²) in [5, 5.41) is 12.1. The molecule has 86 valence electrons. The molecular formula is C12H15ClN2O. The lowest BCUT2D eigenvalue weighted by atomic mass is 10.2. The molecule has 1 fully saturated rings. The molecule has 0 spiro atoms. The predicted molar refractivity (Wildman–Crippen MR) is 64.9 cm³/mol. The molecule has 1 aromatic carbocycles. The Labute approximate surface area is 102 Å². The van der Waals surface area contributed by atoms with Gasteiger partial charge in [-0.2, -0.15) is 5.26 Å². The third kappa shape index (κ3) is 3.41. The van der Waals surface area contributed by atoms with Gasteiger partial charge in [0.2, 0.25) is 0 Å². The minimum absolute atomic E-state index is 0. The maximum Gasteiger partial charge on any atom is 0.120 e. The van der Waals surface area contributed by atoms with Crippen molar-refractivity contribution in [3.05, 3.63) is 29.8 Å². The molecule has 1 N–H and O–H groups in total. The number of rotatable bonds is 3. The van der Waals surface area contributed by atoms with Gasteiger partial charge in [0.05, 0.1) is 11.6 Å². The van der Waals surface area contributed by atoms with Crippen LogP contribution < -0.4 is 10.1 Å². The van der Waals surface area contributed by atoms with E-state index in [1.54, 1.807) is 12.1 Å². The van der Waals surface area contributed by atoms with Gasteiger partial charge >= 0.3 is 0 Å². The summed E-state index contributed by atoms with van der Waals surface area (Å²) < 4.78 is 5.62. The fraction of sp³-hybridized carbons (Fsp3) is 0.417. The van der Waals surface area contributed by atoms with Gasteiger partial charge in [-0.3, -0.25) is 0 Å². The minimum atomic E-state index is 0. The Kier molecular flexibility index (Phi) is 5.10. The van der Waals surface area contributed by atoms with Crippen molar-refractivity contribution in [2.45, 2.75) is 18.9 Å². The summed E-state index contributed by atoms with van der Waals surface area (Å²) in [6, 6.07) is 9.85. The standard InChI is InChI=1S/C12H14N2O.ClH/c13-8-10-3-1-5-12(7-10)15-9-11-4-2-6-14-11;/h1,3,5,7,11,14H,2,4,6,9H2;1H/t11-;/m0./s1. The zero-order chi connectivity index (χ0) is 10.5. The molecule has 0 saturated carbocycles. The lowest BCUT2D eigenvalue weighted by Crippen LogP contribution is -2.28. The highest BCUT2D eigenvalue weighted by Crippen LogP contribution is 2.14. The Bertz CT molecular complexity index is 370. The molecule has 1 aliphatic rings. The summed E-state index contributed by atoms with van der Waals surface area (Å²) in [4.78, 5) is 0. The Balaban J connectivity index is 0.00000128. The van der Waals surface area contributed by atoms with Gasteiger partial charge in [-0.1, -0.05) is 6.07 Å².